The Morgan fingerprint density at radius 3 is 2.38 bits per heavy atom. The number of pyridine rings is 1. The number of carbonyl (C=O) groups excluding carboxylic acids is 2. The zero-order chi connectivity index (χ0) is 24.6. The van der Waals surface area contributed by atoms with Crippen LogP contribution in [0, 0.1) is 0 Å². The lowest BCUT2D eigenvalue weighted by atomic mass is 10.2. The van der Waals surface area contributed by atoms with E-state index in [0.717, 1.165) is 65.8 Å². The van der Waals surface area contributed by atoms with E-state index in [1.807, 2.05) is 18.2 Å². The van der Waals surface area contributed by atoms with Gasteiger partial charge in [-0.05, 0) is 61.4 Å². The highest BCUT2D eigenvalue weighted by Gasteiger charge is 2.29. The van der Waals surface area contributed by atoms with Crippen molar-refractivity contribution in [3.63, 3.8) is 0 Å². The number of rotatable bonds is 9. The van der Waals surface area contributed by atoms with Gasteiger partial charge in [0.2, 0.25) is 11.8 Å². The molecule has 1 heterocycles. The first-order valence-electron chi connectivity index (χ1n) is 10.4. The van der Waals surface area contributed by atoms with Crippen LogP contribution in [0.5, 0.6) is 0 Å². The molecule has 0 aliphatic heterocycles. The van der Waals surface area contributed by atoms with Crippen molar-refractivity contribution in [2.75, 3.05) is 23.7 Å². The molecule has 0 aliphatic rings. The fourth-order valence-corrected chi connectivity index (χ4v) is 3.26. The molecule has 10 heteroatoms. The van der Waals surface area contributed by atoms with E-state index >= 15 is 0 Å². The minimum atomic E-state index is -4.45. The second kappa shape index (κ2) is 11.5. The Labute approximate surface area is 199 Å². The number of unbranched alkanes of at least 4 members (excludes halogenated alkanes) is 1. The Kier molecular flexibility index (Phi) is 8.48. The van der Waals surface area contributed by atoms with Crippen LogP contribution >= 0.6 is 11.6 Å². The van der Waals surface area contributed by atoms with Gasteiger partial charge in [-0.3, -0.25) is 14.6 Å². The third-order valence-corrected chi connectivity index (χ3v) is 5.02. The van der Waals surface area contributed by atoms with E-state index in [2.05, 4.69) is 20.9 Å². The van der Waals surface area contributed by atoms with Crippen molar-refractivity contribution in [3.05, 3.63) is 77.5 Å². The topological polar surface area (TPSA) is 83.1 Å². The highest BCUT2D eigenvalue weighted by atomic mass is 35.5. The number of benzene rings is 2. The molecule has 0 saturated carbocycles. The SMILES string of the molecule is O=C(/C=C/C(=O)Nc1ccc(C(F)(F)F)cc1)NCCCCNc1ccnc2cc(Cl)ccc12. The number of alkyl halides is 3. The first kappa shape index (κ1) is 25.0. The van der Waals surface area contributed by atoms with Crippen LogP contribution in [0.25, 0.3) is 10.9 Å². The lowest BCUT2D eigenvalue weighted by Crippen LogP contribution is -2.23. The minimum Gasteiger partial charge on any atom is -0.384 e. The molecule has 0 radical (unpaired) electrons. The van der Waals surface area contributed by atoms with Gasteiger partial charge in [0.05, 0.1) is 11.1 Å². The molecule has 6 nitrogen and oxygen atoms in total. The van der Waals surface area contributed by atoms with E-state index in [1.54, 1.807) is 12.3 Å². The van der Waals surface area contributed by atoms with Crippen LogP contribution in [0.3, 0.4) is 0 Å². The van der Waals surface area contributed by atoms with Crippen LogP contribution in [-0.2, 0) is 15.8 Å². The van der Waals surface area contributed by atoms with E-state index in [-0.39, 0.29) is 5.69 Å². The largest absolute Gasteiger partial charge is 0.416 e. The summed E-state index contributed by atoms with van der Waals surface area (Å²) in [5.41, 5.74) is 1.14. The molecule has 3 aromatic rings. The Morgan fingerprint density at radius 2 is 1.65 bits per heavy atom. The van der Waals surface area contributed by atoms with Gasteiger partial charge >= 0.3 is 6.18 Å². The average molecular weight is 491 g/mol. The van der Waals surface area contributed by atoms with Crippen molar-refractivity contribution in [2.45, 2.75) is 19.0 Å². The van der Waals surface area contributed by atoms with Crippen molar-refractivity contribution >= 4 is 45.7 Å². The number of aromatic nitrogens is 1. The predicted octanol–water partition coefficient (Wildman–Crippen LogP) is 5.41. The Hall–Kier alpha value is -3.59. The van der Waals surface area contributed by atoms with E-state index in [4.69, 9.17) is 11.6 Å². The maximum absolute atomic E-state index is 12.6. The van der Waals surface area contributed by atoms with Crippen LogP contribution in [0.4, 0.5) is 24.5 Å². The molecule has 0 unspecified atom stereocenters. The number of carbonyl (C=O) groups is 2. The predicted molar refractivity (Wildman–Crippen MR) is 127 cm³/mol. The van der Waals surface area contributed by atoms with E-state index in [0.29, 0.717) is 18.1 Å². The molecule has 178 valence electrons. The number of halogens is 4. The monoisotopic (exact) mass is 490 g/mol. The standard InChI is InChI=1S/C24H22ClF3N4O2/c25-17-5-8-19-20(11-14-30-21(19)15-17)29-12-1-2-13-31-22(33)9-10-23(34)32-18-6-3-16(4-7-18)24(26,27)28/h3-11,14-15H,1-2,12-13H2,(H,29,30)(H,31,33)(H,32,34)/b10-9+. The second-order valence-electron chi connectivity index (χ2n) is 7.34. The highest BCUT2D eigenvalue weighted by molar-refractivity contribution is 6.31. The molecule has 0 aliphatic carbocycles. The fraction of sp³-hybridized carbons (Fsp3) is 0.208. The van der Waals surface area contributed by atoms with Crippen molar-refractivity contribution in [1.29, 1.82) is 0 Å². The molecular formula is C24H22ClF3N4O2. The molecule has 2 aromatic carbocycles. The zero-order valence-corrected chi connectivity index (χ0v) is 18.7. The summed E-state index contributed by atoms with van der Waals surface area (Å²) in [5.74, 6) is -1.06. The summed E-state index contributed by atoms with van der Waals surface area (Å²) in [6.45, 7) is 1.13. The Morgan fingerprint density at radius 1 is 0.941 bits per heavy atom. The molecule has 0 atom stereocenters. The third kappa shape index (κ3) is 7.48. The number of anilines is 2. The van der Waals surface area contributed by atoms with Gasteiger partial charge in [-0.1, -0.05) is 11.6 Å². The maximum atomic E-state index is 12.6. The third-order valence-electron chi connectivity index (χ3n) is 4.79. The van der Waals surface area contributed by atoms with Crippen molar-refractivity contribution < 1.29 is 22.8 Å². The van der Waals surface area contributed by atoms with Crippen LogP contribution in [0.2, 0.25) is 5.02 Å². The number of nitrogens with zero attached hydrogens (tertiary/aromatic N) is 1. The smallest absolute Gasteiger partial charge is 0.384 e. The van der Waals surface area contributed by atoms with E-state index < -0.39 is 23.6 Å². The summed E-state index contributed by atoms with van der Waals surface area (Å²) in [6.07, 6.45) is 0.885. The summed E-state index contributed by atoms with van der Waals surface area (Å²) < 4.78 is 37.7. The summed E-state index contributed by atoms with van der Waals surface area (Å²) >= 11 is 6.00. The van der Waals surface area contributed by atoms with Gasteiger partial charge in [-0.25, -0.2) is 0 Å². The minimum absolute atomic E-state index is 0.195. The molecule has 1 aromatic heterocycles. The normalized spacial score (nSPS) is 11.5. The van der Waals surface area contributed by atoms with Crippen LogP contribution < -0.4 is 16.0 Å². The molecule has 0 spiro atoms. The van der Waals surface area contributed by atoms with Crippen molar-refractivity contribution in [3.8, 4) is 0 Å². The maximum Gasteiger partial charge on any atom is 0.416 e. The van der Waals surface area contributed by atoms with Gasteiger partial charge in [0.1, 0.15) is 0 Å². The average Bonchev–Trinajstić information content (AvgIpc) is 2.79. The molecular weight excluding hydrogens is 469 g/mol. The molecule has 0 bridgehead atoms. The van der Waals surface area contributed by atoms with Gasteiger partial charge in [0, 0.05) is 53.2 Å². The number of hydrogen-bond acceptors (Lipinski definition) is 4. The van der Waals surface area contributed by atoms with E-state index in [9.17, 15) is 22.8 Å². The molecule has 0 fully saturated rings. The number of nitrogens with one attached hydrogen (secondary N) is 3. The van der Waals surface area contributed by atoms with Crippen LogP contribution in [0.1, 0.15) is 18.4 Å². The Bertz CT molecular complexity index is 1180. The lowest BCUT2D eigenvalue weighted by Gasteiger charge is -2.09. The fourth-order valence-electron chi connectivity index (χ4n) is 3.10. The molecule has 0 saturated heterocycles. The molecule has 3 rings (SSSR count). The van der Waals surface area contributed by atoms with Gasteiger partial charge in [-0.2, -0.15) is 13.2 Å². The number of amides is 2. The highest BCUT2D eigenvalue weighted by Crippen LogP contribution is 2.29. The summed E-state index contributed by atoms with van der Waals surface area (Å²) in [5, 5.41) is 10.0. The first-order chi connectivity index (χ1) is 16.2. The van der Waals surface area contributed by atoms with Crippen LogP contribution in [-0.4, -0.2) is 29.9 Å². The van der Waals surface area contributed by atoms with Gasteiger partial charge in [0.25, 0.3) is 0 Å². The summed E-state index contributed by atoms with van der Waals surface area (Å²) in [4.78, 5) is 28.0. The van der Waals surface area contributed by atoms with Crippen molar-refractivity contribution in [2.24, 2.45) is 0 Å². The second-order valence-corrected chi connectivity index (χ2v) is 7.78. The number of hydrogen-bond donors (Lipinski definition) is 3. The lowest BCUT2D eigenvalue weighted by molar-refractivity contribution is -0.137. The van der Waals surface area contributed by atoms with Gasteiger partial charge < -0.3 is 16.0 Å². The molecule has 3 N–H and O–H groups in total. The first-order valence-corrected chi connectivity index (χ1v) is 10.8. The van der Waals surface area contributed by atoms with Crippen LogP contribution in [0.15, 0.2) is 66.9 Å². The van der Waals surface area contributed by atoms with Gasteiger partial charge in [-0.15, -0.1) is 0 Å². The quantitative estimate of drug-likeness (QED) is 0.276. The summed E-state index contributed by atoms with van der Waals surface area (Å²) in [6, 6.07) is 11.4. The molecule has 34 heavy (non-hydrogen) atoms. The van der Waals surface area contributed by atoms with Gasteiger partial charge in [0.15, 0.2) is 0 Å². The number of fused-ring (bicyclic) bond motifs is 1. The van der Waals surface area contributed by atoms with E-state index in [1.165, 1.54) is 0 Å². The zero-order valence-electron chi connectivity index (χ0n) is 18.0. The molecule has 2 amide bonds. The van der Waals surface area contributed by atoms with Crippen molar-refractivity contribution in [1.82, 2.24) is 10.3 Å². The Balaban J connectivity index is 1.34. The summed E-state index contributed by atoms with van der Waals surface area (Å²) in [7, 11) is 0.